The van der Waals surface area contributed by atoms with E-state index in [9.17, 15) is 19.5 Å². The number of rotatable bonds is 10. The van der Waals surface area contributed by atoms with E-state index in [-0.39, 0.29) is 6.04 Å². The quantitative estimate of drug-likeness (QED) is 0.205. The smallest absolute Gasteiger partial charge is 0.335 e. The molecular weight excluding hydrogens is 677 g/mol. The van der Waals surface area contributed by atoms with Gasteiger partial charge in [-0.3, -0.25) is 4.79 Å². The summed E-state index contributed by atoms with van der Waals surface area (Å²) < 4.78 is 0. The van der Waals surface area contributed by atoms with Crippen LogP contribution in [0.5, 0.6) is 0 Å². The first-order valence-corrected chi connectivity index (χ1v) is 16.4. The Labute approximate surface area is 287 Å². The SMILES string of the molecule is Cc1nc(N2CC([C@H]3CCCN(C4CC(C)(C(=O)O)C4)C3)C2)nc(N[C@H](C)c2ccc(Cl)cc2Cl)c1Cl.O=C(O)[C@H](O)[C@@H](O)C(=O)O. The number of halogens is 3. The number of carbonyl (C=O) groups is 3. The molecule has 0 amide bonds. The second kappa shape index (κ2) is 15.1. The zero-order valence-corrected chi connectivity index (χ0v) is 28.5. The van der Waals surface area contributed by atoms with Crippen molar-refractivity contribution >= 4 is 64.5 Å². The highest BCUT2D eigenvalue weighted by molar-refractivity contribution is 6.35. The van der Waals surface area contributed by atoms with Gasteiger partial charge in [-0.15, -0.1) is 0 Å². The van der Waals surface area contributed by atoms with Crippen LogP contribution in [0.3, 0.4) is 0 Å². The standard InChI is InChI=1S/C27H34Cl3N5O2.C4H6O6/c1-15(21-7-6-19(28)9-22(21)29)31-24-23(30)16(2)32-26(33-24)35-13-18(14-35)17-5-4-8-34(12-17)20-10-27(3,11-20)25(36)37;5-1(3(7)8)2(6)4(9)10/h6-7,9,15,17-18,20H,4-5,8,10-14H2,1-3H3,(H,36,37)(H,31,32,33);1-2,5-6H,(H,7,8)(H,9,10)/t15-,17+,20?,27?;1-,2-/m11/s1. The van der Waals surface area contributed by atoms with Gasteiger partial charge in [0, 0.05) is 35.7 Å². The number of aliphatic carboxylic acids is 3. The number of aliphatic hydroxyl groups excluding tert-OH is 2. The molecule has 13 nitrogen and oxygen atoms in total. The van der Waals surface area contributed by atoms with Gasteiger partial charge in [0.25, 0.3) is 0 Å². The van der Waals surface area contributed by atoms with E-state index >= 15 is 0 Å². The van der Waals surface area contributed by atoms with Gasteiger partial charge in [0.15, 0.2) is 18.0 Å². The maximum absolute atomic E-state index is 11.5. The molecule has 1 aliphatic carbocycles. The third kappa shape index (κ3) is 8.57. The van der Waals surface area contributed by atoms with Gasteiger partial charge in [-0.05, 0) is 82.5 Å². The molecule has 1 aromatic carbocycles. The number of piperidine rings is 1. The predicted molar refractivity (Wildman–Crippen MR) is 176 cm³/mol. The Morgan fingerprint density at radius 1 is 0.979 bits per heavy atom. The van der Waals surface area contributed by atoms with Crippen LogP contribution < -0.4 is 10.2 Å². The van der Waals surface area contributed by atoms with E-state index in [0.717, 1.165) is 50.3 Å². The molecule has 0 unspecified atom stereocenters. The number of nitrogens with one attached hydrogen (secondary N) is 1. The van der Waals surface area contributed by atoms with Crippen molar-refractivity contribution in [3.8, 4) is 0 Å². The Morgan fingerprint density at radius 2 is 1.60 bits per heavy atom. The first kappa shape index (κ1) is 36.9. The molecule has 2 saturated heterocycles. The molecule has 3 fully saturated rings. The van der Waals surface area contributed by atoms with Crippen LogP contribution in [0.15, 0.2) is 18.2 Å². The summed E-state index contributed by atoms with van der Waals surface area (Å²) in [5, 5.41) is 47.1. The third-order valence-corrected chi connectivity index (χ3v) is 10.4. The van der Waals surface area contributed by atoms with Crippen LogP contribution in [0.4, 0.5) is 11.8 Å². The minimum absolute atomic E-state index is 0.115. The average Bonchev–Trinajstić information content (AvgIpc) is 2.96. The lowest BCUT2D eigenvalue weighted by Gasteiger charge is -2.52. The van der Waals surface area contributed by atoms with Gasteiger partial charge < -0.3 is 40.6 Å². The molecule has 0 bridgehead atoms. The van der Waals surface area contributed by atoms with E-state index in [1.807, 2.05) is 32.9 Å². The Hall–Kier alpha value is -2.94. The fraction of sp³-hybridized carbons (Fsp3) is 0.581. The number of anilines is 2. The van der Waals surface area contributed by atoms with Crippen molar-refractivity contribution in [1.29, 1.82) is 0 Å². The fourth-order valence-corrected chi connectivity index (χ4v) is 7.04. The Morgan fingerprint density at radius 3 is 2.15 bits per heavy atom. The van der Waals surface area contributed by atoms with Crippen molar-refractivity contribution < 1.29 is 39.9 Å². The van der Waals surface area contributed by atoms with Crippen LogP contribution in [0, 0.1) is 24.2 Å². The second-order valence-electron chi connectivity index (χ2n) is 12.9. The van der Waals surface area contributed by atoms with E-state index in [0.29, 0.717) is 44.7 Å². The topological polar surface area (TPSA) is 197 Å². The monoisotopic (exact) mass is 715 g/mol. The molecule has 16 heteroatoms. The van der Waals surface area contributed by atoms with Crippen molar-refractivity contribution in [1.82, 2.24) is 14.9 Å². The molecule has 258 valence electrons. The van der Waals surface area contributed by atoms with Gasteiger partial charge in [0.05, 0.1) is 17.2 Å². The molecule has 3 heterocycles. The summed E-state index contributed by atoms with van der Waals surface area (Å²) in [5.74, 6) is -1.69. The summed E-state index contributed by atoms with van der Waals surface area (Å²) in [6, 6.07) is 5.76. The van der Waals surface area contributed by atoms with Crippen molar-refractivity contribution in [3.63, 3.8) is 0 Å². The second-order valence-corrected chi connectivity index (χ2v) is 14.1. The number of hydrogen-bond acceptors (Lipinski definition) is 10. The number of aryl methyl sites for hydroxylation is 1. The molecule has 6 N–H and O–H groups in total. The lowest BCUT2D eigenvalue weighted by molar-refractivity contribution is -0.165. The normalized spacial score (nSPS) is 24.9. The molecular formula is C31H40Cl3N5O8. The van der Waals surface area contributed by atoms with Gasteiger partial charge in [-0.1, -0.05) is 40.9 Å². The Kier molecular flexibility index (Phi) is 11.8. The van der Waals surface area contributed by atoms with E-state index in [1.165, 1.54) is 12.8 Å². The zero-order valence-electron chi connectivity index (χ0n) is 26.2. The molecule has 0 spiro atoms. The first-order valence-electron chi connectivity index (χ1n) is 15.3. The summed E-state index contributed by atoms with van der Waals surface area (Å²) in [7, 11) is 0. The van der Waals surface area contributed by atoms with Crippen molar-refractivity contribution in [2.24, 2.45) is 17.3 Å². The van der Waals surface area contributed by atoms with Gasteiger partial charge in [0.1, 0.15) is 5.02 Å². The van der Waals surface area contributed by atoms with Crippen molar-refractivity contribution in [2.75, 3.05) is 36.4 Å². The van der Waals surface area contributed by atoms with Gasteiger partial charge in [0.2, 0.25) is 5.95 Å². The number of carboxylic acid groups (broad SMARTS) is 3. The van der Waals surface area contributed by atoms with Crippen LogP contribution in [0.2, 0.25) is 15.1 Å². The minimum Gasteiger partial charge on any atom is -0.481 e. The lowest BCUT2D eigenvalue weighted by atomic mass is 9.65. The lowest BCUT2D eigenvalue weighted by Crippen LogP contribution is -2.58. The highest BCUT2D eigenvalue weighted by Crippen LogP contribution is 2.45. The van der Waals surface area contributed by atoms with Gasteiger partial charge in [-0.25, -0.2) is 14.6 Å². The van der Waals surface area contributed by atoms with E-state index in [1.54, 1.807) is 6.07 Å². The maximum atomic E-state index is 11.5. The van der Waals surface area contributed by atoms with Crippen LogP contribution in [-0.2, 0) is 14.4 Å². The highest BCUT2D eigenvalue weighted by atomic mass is 35.5. The van der Waals surface area contributed by atoms with E-state index < -0.39 is 35.5 Å². The molecule has 2 aromatic rings. The molecule has 3 aliphatic rings. The fourth-order valence-electron chi connectivity index (χ4n) is 6.33. The number of hydrogen-bond donors (Lipinski definition) is 6. The molecule has 2 aliphatic heterocycles. The number of aromatic nitrogens is 2. The summed E-state index contributed by atoms with van der Waals surface area (Å²) in [6.45, 7) is 9.78. The Balaban J connectivity index is 0.000000434. The van der Waals surface area contributed by atoms with E-state index in [4.69, 9.17) is 60.2 Å². The number of nitrogens with zero attached hydrogens (tertiary/aromatic N) is 4. The van der Waals surface area contributed by atoms with Gasteiger partial charge in [-0.2, -0.15) is 4.98 Å². The van der Waals surface area contributed by atoms with E-state index in [2.05, 4.69) is 20.1 Å². The summed E-state index contributed by atoms with van der Waals surface area (Å²) >= 11 is 19.0. The zero-order chi connectivity index (χ0) is 34.8. The number of likely N-dealkylation sites (tertiary alicyclic amines) is 1. The summed E-state index contributed by atoms with van der Waals surface area (Å²) in [5.41, 5.74) is 1.11. The largest absolute Gasteiger partial charge is 0.481 e. The van der Waals surface area contributed by atoms with Crippen LogP contribution in [0.1, 0.15) is 56.8 Å². The number of benzene rings is 1. The molecule has 5 rings (SSSR count). The first-order chi connectivity index (χ1) is 22.0. The minimum atomic E-state index is -2.27. The molecule has 1 saturated carbocycles. The third-order valence-electron chi connectivity index (χ3n) is 9.35. The average molecular weight is 717 g/mol. The van der Waals surface area contributed by atoms with Crippen molar-refractivity contribution in [2.45, 2.75) is 70.7 Å². The maximum Gasteiger partial charge on any atom is 0.335 e. The van der Waals surface area contributed by atoms with Crippen LogP contribution in [0.25, 0.3) is 0 Å². The van der Waals surface area contributed by atoms with Gasteiger partial charge >= 0.3 is 17.9 Å². The summed E-state index contributed by atoms with van der Waals surface area (Å²) in [6.07, 6.45) is -0.602. The van der Waals surface area contributed by atoms with Crippen LogP contribution >= 0.6 is 34.8 Å². The number of aliphatic hydroxyl groups is 2. The number of carboxylic acids is 3. The molecule has 1 aromatic heterocycles. The van der Waals surface area contributed by atoms with Crippen LogP contribution in [-0.4, -0.2) is 103 Å². The Bertz CT molecular complexity index is 1470. The van der Waals surface area contributed by atoms with Crippen molar-refractivity contribution in [3.05, 3.63) is 44.5 Å². The molecule has 0 radical (unpaired) electrons. The highest BCUT2D eigenvalue weighted by Gasteiger charge is 2.49. The summed E-state index contributed by atoms with van der Waals surface area (Å²) in [4.78, 5) is 45.3. The molecule has 47 heavy (non-hydrogen) atoms. The molecule has 4 atom stereocenters. The predicted octanol–water partition coefficient (Wildman–Crippen LogP) is 4.20.